The Kier molecular flexibility index (Phi) is 7.42. The summed E-state index contributed by atoms with van der Waals surface area (Å²) in [5.41, 5.74) is 9.61. The summed E-state index contributed by atoms with van der Waals surface area (Å²) in [6.45, 7) is 4.28. The lowest BCUT2D eigenvalue weighted by Gasteiger charge is -2.26. The van der Waals surface area contributed by atoms with Crippen molar-refractivity contribution >= 4 is 28.4 Å². The summed E-state index contributed by atoms with van der Waals surface area (Å²) in [4.78, 5) is 16.0. The highest BCUT2D eigenvalue weighted by Gasteiger charge is 2.11. The van der Waals surface area contributed by atoms with E-state index in [0.29, 0.717) is 11.8 Å². The normalized spacial score (nSPS) is 14.0. The molecule has 1 aliphatic heterocycles. The minimum Gasteiger partial charge on any atom is -0.497 e. The number of methoxy groups -OCH3 is 1. The van der Waals surface area contributed by atoms with Gasteiger partial charge < -0.3 is 25.4 Å². The molecule has 3 N–H and O–H groups in total. The number of nitrogen functional groups attached to an aromatic ring is 1. The number of nitrogens with zero attached hydrogens (tertiary/aromatic N) is 4. The summed E-state index contributed by atoms with van der Waals surface area (Å²) in [6.07, 6.45) is 8.55. The zero-order valence-electron chi connectivity index (χ0n) is 20.6. The van der Waals surface area contributed by atoms with Crippen molar-refractivity contribution in [2.45, 2.75) is 25.7 Å². The fraction of sp³-hybridized carbons (Fsp3) is 0.321. The maximum atomic E-state index is 6.29. The number of ether oxygens (including phenoxy) is 2. The molecule has 0 aliphatic carbocycles. The standard InChI is InChI=1S/C28H32N6O2/c1-35-24-10-11-26-20(17-24)16-21(18-30-26)25-19-31-28(33-27(25)29)32-22-6-8-23(9-7-22)36-15-5-14-34-12-3-2-4-13-34/h6-11,16-19H,2-5,12-15H2,1H3,(H3,29,31,32,33). The average Bonchev–Trinajstić information content (AvgIpc) is 2.92. The predicted octanol–water partition coefficient (Wildman–Crippen LogP) is 5.28. The Hall–Kier alpha value is -3.91. The van der Waals surface area contributed by atoms with Gasteiger partial charge in [-0.2, -0.15) is 4.98 Å². The SMILES string of the molecule is COc1ccc2ncc(-c3cnc(Nc4ccc(OCCCN5CCCCC5)cc4)nc3N)cc2c1. The number of nitrogens with one attached hydrogen (secondary N) is 1. The number of fused-ring (bicyclic) bond motifs is 1. The van der Waals surface area contributed by atoms with Crippen LogP contribution in [0.1, 0.15) is 25.7 Å². The van der Waals surface area contributed by atoms with Crippen LogP contribution in [0.15, 0.2) is 60.9 Å². The zero-order valence-corrected chi connectivity index (χ0v) is 20.6. The van der Waals surface area contributed by atoms with Crippen LogP contribution in [0, 0.1) is 0 Å². The summed E-state index contributed by atoms with van der Waals surface area (Å²) in [5.74, 6) is 2.45. The molecule has 0 unspecified atom stereocenters. The molecule has 2 aromatic heterocycles. The quantitative estimate of drug-likeness (QED) is 0.310. The van der Waals surface area contributed by atoms with Crippen LogP contribution >= 0.6 is 0 Å². The number of anilines is 3. The number of hydrogen-bond donors (Lipinski definition) is 2. The lowest BCUT2D eigenvalue weighted by atomic mass is 10.1. The van der Waals surface area contributed by atoms with Gasteiger partial charge in [-0.1, -0.05) is 6.42 Å². The van der Waals surface area contributed by atoms with E-state index in [0.717, 1.165) is 58.8 Å². The Morgan fingerprint density at radius 2 is 1.75 bits per heavy atom. The third-order valence-electron chi connectivity index (χ3n) is 6.46. The van der Waals surface area contributed by atoms with Crippen LogP contribution < -0.4 is 20.5 Å². The molecule has 36 heavy (non-hydrogen) atoms. The third kappa shape index (κ3) is 5.83. The van der Waals surface area contributed by atoms with Gasteiger partial charge in [-0.3, -0.25) is 4.98 Å². The first kappa shape index (κ1) is 23.8. The van der Waals surface area contributed by atoms with Gasteiger partial charge in [0.2, 0.25) is 5.95 Å². The number of pyridine rings is 1. The van der Waals surface area contributed by atoms with Gasteiger partial charge in [0, 0.05) is 41.1 Å². The second-order valence-electron chi connectivity index (χ2n) is 9.03. The molecule has 0 spiro atoms. The van der Waals surface area contributed by atoms with E-state index in [4.69, 9.17) is 15.2 Å². The van der Waals surface area contributed by atoms with E-state index in [2.05, 4.69) is 25.2 Å². The van der Waals surface area contributed by atoms with Gasteiger partial charge in [0.05, 0.1) is 19.2 Å². The molecule has 8 nitrogen and oxygen atoms in total. The Morgan fingerprint density at radius 1 is 0.944 bits per heavy atom. The molecule has 0 radical (unpaired) electrons. The number of likely N-dealkylation sites (tertiary alicyclic amines) is 1. The molecule has 0 amide bonds. The molecule has 2 aromatic carbocycles. The van der Waals surface area contributed by atoms with Gasteiger partial charge in [-0.05, 0) is 80.9 Å². The van der Waals surface area contributed by atoms with Crippen LogP contribution in [0.5, 0.6) is 11.5 Å². The lowest BCUT2D eigenvalue weighted by molar-refractivity contribution is 0.205. The number of hydrogen-bond acceptors (Lipinski definition) is 8. The largest absolute Gasteiger partial charge is 0.497 e. The van der Waals surface area contributed by atoms with Crippen molar-refractivity contribution in [3.05, 3.63) is 60.9 Å². The van der Waals surface area contributed by atoms with Gasteiger partial charge in [0.1, 0.15) is 17.3 Å². The molecule has 186 valence electrons. The van der Waals surface area contributed by atoms with Crippen LogP contribution in [-0.2, 0) is 0 Å². The van der Waals surface area contributed by atoms with E-state index >= 15 is 0 Å². The second-order valence-corrected chi connectivity index (χ2v) is 9.03. The Morgan fingerprint density at radius 3 is 2.53 bits per heavy atom. The van der Waals surface area contributed by atoms with Gasteiger partial charge in [-0.15, -0.1) is 0 Å². The van der Waals surface area contributed by atoms with E-state index < -0.39 is 0 Å². The first-order valence-corrected chi connectivity index (χ1v) is 12.5. The van der Waals surface area contributed by atoms with Crippen LogP contribution in [0.3, 0.4) is 0 Å². The number of rotatable bonds is 9. The van der Waals surface area contributed by atoms with E-state index in [1.54, 1.807) is 19.5 Å². The number of benzene rings is 2. The summed E-state index contributed by atoms with van der Waals surface area (Å²) in [7, 11) is 1.65. The summed E-state index contributed by atoms with van der Waals surface area (Å²) in [6, 6.07) is 15.6. The highest BCUT2D eigenvalue weighted by Crippen LogP contribution is 2.29. The van der Waals surface area contributed by atoms with Crippen molar-refractivity contribution in [2.24, 2.45) is 0 Å². The van der Waals surface area contributed by atoms with Crippen LogP contribution in [-0.4, -0.2) is 53.2 Å². The summed E-state index contributed by atoms with van der Waals surface area (Å²) < 4.78 is 11.2. The molecule has 4 aromatic rings. The number of aromatic nitrogens is 3. The zero-order chi connectivity index (χ0) is 24.7. The highest BCUT2D eigenvalue weighted by molar-refractivity contribution is 5.86. The number of piperidine rings is 1. The van der Waals surface area contributed by atoms with E-state index in [1.807, 2.05) is 48.5 Å². The van der Waals surface area contributed by atoms with Crippen LogP contribution in [0.4, 0.5) is 17.5 Å². The van der Waals surface area contributed by atoms with Crippen molar-refractivity contribution in [1.29, 1.82) is 0 Å². The van der Waals surface area contributed by atoms with Crippen molar-refractivity contribution in [2.75, 3.05) is 44.4 Å². The van der Waals surface area contributed by atoms with E-state index in [1.165, 1.54) is 32.4 Å². The summed E-state index contributed by atoms with van der Waals surface area (Å²) in [5, 5.41) is 4.17. The Labute approximate surface area is 211 Å². The van der Waals surface area contributed by atoms with Crippen molar-refractivity contribution < 1.29 is 9.47 Å². The topological polar surface area (TPSA) is 98.4 Å². The maximum absolute atomic E-state index is 6.29. The first-order chi connectivity index (χ1) is 17.7. The molecule has 1 fully saturated rings. The van der Waals surface area contributed by atoms with Gasteiger partial charge >= 0.3 is 0 Å². The molecule has 8 heteroatoms. The third-order valence-corrected chi connectivity index (χ3v) is 6.46. The van der Waals surface area contributed by atoms with Crippen LogP contribution in [0.2, 0.25) is 0 Å². The monoisotopic (exact) mass is 484 g/mol. The minimum absolute atomic E-state index is 0.380. The molecule has 0 bridgehead atoms. The summed E-state index contributed by atoms with van der Waals surface area (Å²) >= 11 is 0. The van der Waals surface area contributed by atoms with Crippen molar-refractivity contribution in [3.63, 3.8) is 0 Å². The molecule has 1 aliphatic rings. The highest BCUT2D eigenvalue weighted by atomic mass is 16.5. The van der Waals surface area contributed by atoms with Crippen molar-refractivity contribution in [3.8, 4) is 22.6 Å². The van der Waals surface area contributed by atoms with Gasteiger partial charge in [0.15, 0.2) is 0 Å². The molecular weight excluding hydrogens is 452 g/mol. The van der Waals surface area contributed by atoms with Crippen LogP contribution in [0.25, 0.3) is 22.0 Å². The van der Waals surface area contributed by atoms with E-state index in [-0.39, 0.29) is 0 Å². The second kappa shape index (κ2) is 11.2. The number of nitrogens with two attached hydrogens (primary N) is 1. The maximum Gasteiger partial charge on any atom is 0.229 e. The van der Waals surface area contributed by atoms with Gasteiger partial charge in [-0.25, -0.2) is 4.98 Å². The lowest BCUT2D eigenvalue weighted by Crippen LogP contribution is -2.31. The Balaban J connectivity index is 1.18. The molecule has 5 rings (SSSR count). The average molecular weight is 485 g/mol. The molecular formula is C28H32N6O2. The molecule has 0 saturated carbocycles. The van der Waals surface area contributed by atoms with Crippen molar-refractivity contribution in [1.82, 2.24) is 19.9 Å². The van der Waals surface area contributed by atoms with Gasteiger partial charge in [0.25, 0.3) is 0 Å². The smallest absolute Gasteiger partial charge is 0.229 e. The molecule has 3 heterocycles. The fourth-order valence-corrected chi connectivity index (χ4v) is 4.49. The molecule has 0 atom stereocenters. The fourth-order valence-electron chi connectivity index (χ4n) is 4.49. The first-order valence-electron chi connectivity index (χ1n) is 12.5. The van der Waals surface area contributed by atoms with E-state index in [9.17, 15) is 0 Å². The Bertz CT molecular complexity index is 1310. The predicted molar refractivity (Wildman–Crippen MR) is 144 cm³/mol. The minimum atomic E-state index is 0.380. The molecule has 1 saturated heterocycles.